The Morgan fingerprint density at radius 2 is 2.06 bits per heavy atom. The predicted molar refractivity (Wildman–Crippen MR) is 63.8 cm³/mol. The molecule has 1 aromatic rings. The number of nitrogens with two attached hydrogens (primary N) is 1. The zero-order chi connectivity index (χ0) is 11.4. The highest BCUT2D eigenvalue weighted by Crippen LogP contribution is 2.09. The van der Waals surface area contributed by atoms with Crippen LogP contribution in [0.25, 0.3) is 0 Å². The van der Waals surface area contributed by atoms with Gasteiger partial charge < -0.3 is 10.6 Å². The van der Waals surface area contributed by atoms with Gasteiger partial charge in [0.05, 0.1) is 6.04 Å². The van der Waals surface area contributed by atoms with Crippen LogP contribution in [0.2, 0.25) is 0 Å². The number of carbonyl (C=O) groups is 1. The number of amides is 1. The van der Waals surface area contributed by atoms with Crippen molar-refractivity contribution >= 4 is 18.3 Å². The van der Waals surface area contributed by atoms with Crippen molar-refractivity contribution < 1.29 is 9.18 Å². The molecular formula is C11H16ClFN2O. The number of halogens is 2. The summed E-state index contributed by atoms with van der Waals surface area (Å²) in [6, 6.07) is 5.83. The number of hydrogen-bond donors (Lipinski definition) is 1. The Labute approximate surface area is 101 Å². The number of likely N-dealkylation sites (N-methyl/N-ethyl adjacent to an activating group) is 1. The van der Waals surface area contributed by atoms with Crippen molar-refractivity contribution in [2.24, 2.45) is 5.73 Å². The fourth-order valence-corrected chi connectivity index (χ4v) is 1.31. The zero-order valence-electron chi connectivity index (χ0n) is 9.31. The molecule has 0 heterocycles. The summed E-state index contributed by atoms with van der Waals surface area (Å²) < 4.78 is 13.2. The van der Waals surface area contributed by atoms with Gasteiger partial charge in [0.15, 0.2) is 0 Å². The molecule has 0 aliphatic heterocycles. The smallest absolute Gasteiger partial charge is 0.239 e. The van der Waals surface area contributed by atoms with Crippen LogP contribution in [-0.2, 0) is 11.3 Å². The summed E-state index contributed by atoms with van der Waals surface area (Å²) in [5.41, 5.74) is 5.94. The molecule has 1 amide bonds. The molecule has 2 N–H and O–H groups in total. The third-order valence-electron chi connectivity index (χ3n) is 2.13. The maximum atomic E-state index is 13.2. The monoisotopic (exact) mass is 246 g/mol. The fourth-order valence-electron chi connectivity index (χ4n) is 1.31. The van der Waals surface area contributed by atoms with E-state index in [4.69, 9.17) is 5.73 Å². The third-order valence-corrected chi connectivity index (χ3v) is 2.13. The number of nitrogens with zero attached hydrogens (tertiary/aromatic N) is 1. The van der Waals surface area contributed by atoms with Gasteiger partial charge in [-0.25, -0.2) is 4.39 Å². The van der Waals surface area contributed by atoms with Crippen LogP contribution in [0.5, 0.6) is 0 Å². The largest absolute Gasteiger partial charge is 0.340 e. The van der Waals surface area contributed by atoms with Gasteiger partial charge in [0.2, 0.25) is 5.91 Å². The van der Waals surface area contributed by atoms with Gasteiger partial charge in [0, 0.05) is 19.2 Å². The Morgan fingerprint density at radius 3 is 2.56 bits per heavy atom. The van der Waals surface area contributed by atoms with E-state index in [0.717, 1.165) is 0 Å². The summed E-state index contributed by atoms with van der Waals surface area (Å²) in [7, 11) is 1.61. The first kappa shape index (κ1) is 14.9. The average Bonchev–Trinajstić information content (AvgIpc) is 2.20. The SMILES string of the molecule is CC(N)C(=O)N(C)Cc1ccccc1F.Cl. The topological polar surface area (TPSA) is 46.3 Å². The Balaban J connectivity index is 0.00000225. The number of rotatable bonds is 3. The third kappa shape index (κ3) is 3.79. The van der Waals surface area contributed by atoms with Crippen LogP contribution in [0.4, 0.5) is 4.39 Å². The molecule has 90 valence electrons. The summed E-state index contributed by atoms with van der Waals surface area (Å²) in [6.45, 7) is 1.85. The summed E-state index contributed by atoms with van der Waals surface area (Å²) in [6.07, 6.45) is 0. The maximum Gasteiger partial charge on any atom is 0.239 e. The van der Waals surface area contributed by atoms with Gasteiger partial charge in [0.1, 0.15) is 5.82 Å². The minimum atomic E-state index is -0.554. The predicted octanol–water partition coefficient (Wildman–Crippen LogP) is 1.55. The van der Waals surface area contributed by atoms with Crippen LogP contribution >= 0.6 is 12.4 Å². The molecule has 0 aliphatic rings. The van der Waals surface area contributed by atoms with Crippen LogP contribution in [0.15, 0.2) is 24.3 Å². The zero-order valence-corrected chi connectivity index (χ0v) is 10.1. The summed E-state index contributed by atoms with van der Waals surface area (Å²) in [5, 5.41) is 0. The number of carbonyl (C=O) groups excluding carboxylic acids is 1. The average molecular weight is 247 g/mol. The Morgan fingerprint density at radius 1 is 1.50 bits per heavy atom. The molecule has 5 heteroatoms. The Bertz CT molecular complexity index is 358. The van der Waals surface area contributed by atoms with Crippen LogP contribution in [0.1, 0.15) is 12.5 Å². The van der Waals surface area contributed by atoms with Gasteiger partial charge in [-0.1, -0.05) is 18.2 Å². The van der Waals surface area contributed by atoms with Gasteiger partial charge in [-0.2, -0.15) is 0 Å². The summed E-state index contributed by atoms with van der Waals surface area (Å²) in [4.78, 5) is 12.9. The highest BCUT2D eigenvalue weighted by molar-refractivity contribution is 5.85. The molecule has 1 unspecified atom stereocenters. The molecular weight excluding hydrogens is 231 g/mol. The van der Waals surface area contributed by atoms with E-state index in [-0.39, 0.29) is 30.7 Å². The Hall–Kier alpha value is -1.13. The standard InChI is InChI=1S/C11H15FN2O.ClH/c1-8(13)11(15)14(2)7-9-5-3-4-6-10(9)12;/h3-6,8H,7,13H2,1-2H3;1H. The summed E-state index contributed by atoms with van der Waals surface area (Å²) in [5.74, 6) is -0.500. The second kappa shape index (κ2) is 6.45. The molecule has 1 rings (SSSR count). The number of benzene rings is 1. The quantitative estimate of drug-likeness (QED) is 0.880. The lowest BCUT2D eigenvalue weighted by molar-refractivity contribution is -0.131. The van der Waals surface area contributed by atoms with Crippen LogP contribution in [0.3, 0.4) is 0 Å². The highest BCUT2D eigenvalue weighted by Gasteiger charge is 2.14. The van der Waals surface area contributed by atoms with E-state index >= 15 is 0 Å². The molecule has 0 spiro atoms. The molecule has 0 aliphatic carbocycles. The second-order valence-corrected chi connectivity index (χ2v) is 3.57. The van der Waals surface area contributed by atoms with Crippen molar-refractivity contribution in [2.45, 2.75) is 19.5 Å². The van der Waals surface area contributed by atoms with E-state index in [2.05, 4.69) is 0 Å². The van der Waals surface area contributed by atoms with Crippen molar-refractivity contribution in [2.75, 3.05) is 7.05 Å². The first-order valence-electron chi connectivity index (χ1n) is 4.76. The van der Waals surface area contributed by atoms with E-state index < -0.39 is 6.04 Å². The molecule has 3 nitrogen and oxygen atoms in total. The molecule has 0 saturated carbocycles. The molecule has 0 radical (unpaired) electrons. The molecule has 16 heavy (non-hydrogen) atoms. The molecule has 0 aromatic heterocycles. The molecule has 0 saturated heterocycles. The van der Waals surface area contributed by atoms with Crippen LogP contribution in [0, 0.1) is 5.82 Å². The van der Waals surface area contributed by atoms with Gasteiger partial charge in [-0.15, -0.1) is 12.4 Å². The van der Waals surface area contributed by atoms with Crippen molar-refractivity contribution in [3.8, 4) is 0 Å². The highest BCUT2D eigenvalue weighted by atomic mass is 35.5. The van der Waals surface area contributed by atoms with E-state index in [1.54, 1.807) is 32.2 Å². The normalized spacial score (nSPS) is 11.5. The lowest BCUT2D eigenvalue weighted by Gasteiger charge is -2.19. The lowest BCUT2D eigenvalue weighted by atomic mass is 10.2. The van der Waals surface area contributed by atoms with Gasteiger partial charge in [-0.3, -0.25) is 4.79 Å². The second-order valence-electron chi connectivity index (χ2n) is 3.57. The van der Waals surface area contributed by atoms with Crippen LogP contribution in [-0.4, -0.2) is 23.9 Å². The fraction of sp³-hybridized carbons (Fsp3) is 0.364. The number of hydrogen-bond acceptors (Lipinski definition) is 2. The van der Waals surface area contributed by atoms with E-state index in [1.807, 2.05) is 0 Å². The van der Waals surface area contributed by atoms with Gasteiger partial charge >= 0.3 is 0 Å². The van der Waals surface area contributed by atoms with E-state index in [1.165, 1.54) is 11.0 Å². The summed E-state index contributed by atoms with van der Waals surface area (Å²) >= 11 is 0. The first-order chi connectivity index (χ1) is 7.02. The van der Waals surface area contributed by atoms with Crippen molar-refractivity contribution in [1.82, 2.24) is 4.90 Å². The minimum absolute atomic E-state index is 0. The molecule has 1 aromatic carbocycles. The lowest BCUT2D eigenvalue weighted by Crippen LogP contribution is -2.39. The van der Waals surface area contributed by atoms with Crippen molar-refractivity contribution in [3.63, 3.8) is 0 Å². The van der Waals surface area contributed by atoms with Crippen molar-refractivity contribution in [1.29, 1.82) is 0 Å². The van der Waals surface area contributed by atoms with E-state index in [9.17, 15) is 9.18 Å². The molecule has 1 atom stereocenters. The van der Waals surface area contributed by atoms with Crippen molar-refractivity contribution in [3.05, 3.63) is 35.6 Å². The van der Waals surface area contributed by atoms with E-state index in [0.29, 0.717) is 5.56 Å². The van der Waals surface area contributed by atoms with Gasteiger partial charge in [0.25, 0.3) is 0 Å². The maximum absolute atomic E-state index is 13.2. The molecule has 0 fully saturated rings. The molecule has 0 bridgehead atoms. The minimum Gasteiger partial charge on any atom is -0.340 e. The first-order valence-corrected chi connectivity index (χ1v) is 4.76. The Kier molecular flexibility index (Phi) is 6.00. The van der Waals surface area contributed by atoms with Gasteiger partial charge in [-0.05, 0) is 13.0 Å². The van der Waals surface area contributed by atoms with Crippen LogP contribution < -0.4 is 5.73 Å².